The standard InChI is InChI=1S/C40H65N7O10S/c1-21(2)18-29(45-37(53)28(16-17-58-10)44-39(55)33(22(3)4)43-26(9)48)31(49)20-32(50)47-34(23(5)6)38(54)42-24(7)35(51)41-25(8)36(52)46-30(40(56)57)19-27-14-12-11-13-15-27/h11-15,21-25,28-31,33-34,49H,16-20H2,1-10H3,(H,41,51)(H,42,54)(H,43,48)(H,44,55)(H,45,53)(H,46,52)(H,47,50)(H,56,57)/t24-,25-,28-,29-,30-,31?,33-,34-/m0/s1. The predicted molar refractivity (Wildman–Crippen MR) is 221 cm³/mol. The van der Waals surface area contributed by atoms with Gasteiger partial charge in [0.25, 0.3) is 0 Å². The highest BCUT2D eigenvalue weighted by Gasteiger charge is 2.33. The van der Waals surface area contributed by atoms with Crippen LogP contribution in [0.1, 0.15) is 87.1 Å². The van der Waals surface area contributed by atoms with Crippen LogP contribution in [0.2, 0.25) is 0 Å². The third kappa shape index (κ3) is 18.7. The Labute approximate surface area is 346 Å². The topological polar surface area (TPSA) is 261 Å². The first-order valence-electron chi connectivity index (χ1n) is 19.6. The molecule has 7 amide bonds. The van der Waals surface area contributed by atoms with Gasteiger partial charge in [-0.15, -0.1) is 0 Å². The van der Waals surface area contributed by atoms with Crippen LogP contribution in [0.15, 0.2) is 30.3 Å². The molecule has 0 spiro atoms. The molecule has 9 N–H and O–H groups in total. The molecule has 1 unspecified atom stereocenters. The van der Waals surface area contributed by atoms with Crippen molar-refractivity contribution in [1.82, 2.24) is 37.2 Å². The molecule has 58 heavy (non-hydrogen) atoms. The predicted octanol–water partition coefficient (Wildman–Crippen LogP) is 0.629. The molecule has 1 aromatic carbocycles. The summed E-state index contributed by atoms with van der Waals surface area (Å²) in [5.74, 6) is -5.81. The van der Waals surface area contributed by atoms with Gasteiger partial charge in [0, 0.05) is 13.3 Å². The first-order chi connectivity index (χ1) is 27.1. The Morgan fingerprint density at radius 3 is 1.64 bits per heavy atom. The normalized spacial score (nSPS) is 15.4. The number of carboxylic acids is 1. The molecule has 1 rings (SSSR count). The van der Waals surface area contributed by atoms with Crippen LogP contribution in [0.5, 0.6) is 0 Å². The summed E-state index contributed by atoms with van der Waals surface area (Å²) in [6.07, 6.45) is 0.560. The van der Waals surface area contributed by atoms with Crippen molar-refractivity contribution in [2.45, 2.75) is 136 Å². The summed E-state index contributed by atoms with van der Waals surface area (Å²) in [6, 6.07) is 1.28. The summed E-state index contributed by atoms with van der Waals surface area (Å²) in [4.78, 5) is 103. The monoisotopic (exact) mass is 835 g/mol. The lowest BCUT2D eigenvalue weighted by molar-refractivity contribution is -0.142. The maximum absolute atomic E-state index is 13.6. The summed E-state index contributed by atoms with van der Waals surface area (Å²) in [5.41, 5.74) is 0.695. The Morgan fingerprint density at radius 2 is 1.14 bits per heavy atom. The average molecular weight is 836 g/mol. The number of rotatable bonds is 25. The minimum absolute atomic E-state index is 0.0177. The van der Waals surface area contributed by atoms with Gasteiger partial charge in [-0.25, -0.2) is 4.79 Å². The number of aliphatic hydroxyl groups is 1. The van der Waals surface area contributed by atoms with Gasteiger partial charge in [-0.2, -0.15) is 11.8 Å². The van der Waals surface area contributed by atoms with Crippen LogP contribution in [-0.2, 0) is 44.8 Å². The SMILES string of the molecule is CSCC[C@H](NC(=O)[C@@H](NC(C)=O)C(C)C)C(=O)N[C@@H](CC(C)C)C(O)CC(=O)N[C@H](C(=O)N[C@@H](C)C(=O)N[C@@H](C)C(=O)N[C@@H](Cc1ccccc1)C(=O)O)C(C)C. The molecule has 0 fully saturated rings. The highest BCUT2D eigenvalue weighted by atomic mass is 32.2. The Morgan fingerprint density at radius 1 is 0.638 bits per heavy atom. The van der Waals surface area contributed by atoms with Crippen molar-refractivity contribution in [2.75, 3.05) is 12.0 Å². The zero-order valence-electron chi connectivity index (χ0n) is 35.3. The molecule has 0 saturated carbocycles. The number of carbonyl (C=O) groups excluding carboxylic acids is 7. The van der Waals surface area contributed by atoms with E-state index in [-0.39, 0.29) is 31.1 Å². The number of thioether (sulfide) groups is 1. The van der Waals surface area contributed by atoms with Gasteiger partial charge in [0.15, 0.2) is 0 Å². The molecule has 0 aliphatic rings. The van der Waals surface area contributed by atoms with E-state index in [2.05, 4.69) is 37.2 Å². The van der Waals surface area contributed by atoms with Crippen molar-refractivity contribution >= 4 is 59.1 Å². The number of nitrogens with one attached hydrogen (secondary N) is 7. The van der Waals surface area contributed by atoms with E-state index in [0.29, 0.717) is 11.3 Å². The van der Waals surface area contributed by atoms with Gasteiger partial charge in [-0.1, -0.05) is 71.9 Å². The van der Waals surface area contributed by atoms with Gasteiger partial charge in [-0.3, -0.25) is 33.6 Å². The molecule has 326 valence electrons. The van der Waals surface area contributed by atoms with Crippen molar-refractivity contribution in [3.8, 4) is 0 Å². The first-order valence-corrected chi connectivity index (χ1v) is 21.0. The molecular formula is C40H65N7O10S. The number of aliphatic carboxylic acids is 1. The highest BCUT2D eigenvalue weighted by molar-refractivity contribution is 7.98. The molecule has 8 atom stereocenters. The van der Waals surface area contributed by atoms with Gasteiger partial charge < -0.3 is 47.4 Å². The average Bonchev–Trinajstić information content (AvgIpc) is 3.13. The van der Waals surface area contributed by atoms with E-state index < -0.39 is 108 Å². The number of hydrogen-bond acceptors (Lipinski definition) is 10. The summed E-state index contributed by atoms with van der Waals surface area (Å²) in [6.45, 7) is 14.7. The van der Waals surface area contributed by atoms with E-state index in [1.165, 1.54) is 32.5 Å². The second-order valence-electron chi connectivity index (χ2n) is 15.6. The lowest BCUT2D eigenvalue weighted by atomic mass is 9.96. The molecule has 1 aromatic rings. The third-order valence-corrected chi connectivity index (χ3v) is 9.77. The molecule has 0 radical (unpaired) electrons. The quantitative estimate of drug-likeness (QED) is 0.0660. The second kappa shape index (κ2) is 25.6. The van der Waals surface area contributed by atoms with Crippen LogP contribution in [0.4, 0.5) is 0 Å². The van der Waals surface area contributed by atoms with Gasteiger partial charge in [-0.05, 0) is 62.0 Å². The molecule has 0 saturated heterocycles. The fraction of sp³-hybridized carbons (Fsp3) is 0.650. The van der Waals surface area contributed by atoms with E-state index in [1.54, 1.807) is 58.0 Å². The Kier molecular flexibility index (Phi) is 22.7. The van der Waals surface area contributed by atoms with Gasteiger partial charge in [0.05, 0.1) is 18.6 Å². The van der Waals surface area contributed by atoms with Crippen LogP contribution < -0.4 is 37.2 Å². The van der Waals surface area contributed by atoms with Crippen molar-refractivity contribution < 1.29 is 48.6 Å². The zero-order chi connectivity index (χ0) is 44.3. The minimum Gasteiger partial charge on any atom is -0.480 e. The lowest BCUT2D eigenvalue weighted by Crippen LogP contribution is -2.58. The molecule has 17 nitrogen and oxygen atoms in total. The molecule has 18 heteroatoms. The van der Waals surface area contributed by atoms with Crippen LogP contribution in [-0.4, -0.2) is 118 Å². The highest BCUT2D eigenvalue weighted by Crippen LogP contribution is 2.14. The van der Waals surface area contributed by atoms with Crippen LogP contribution in [0.25, 0.3) is 0 Å². The van der Waals surface area contributed by atoms with Crippen LogP contribution in [0.3, 0.4) is 0 Å². The fourth-order valence-corrected chi connectivity index (χ4v) is 6.31. The van der Waals surface area contributed by atoms with Crippen LogP contribution in [0, 0.1) is 17.8 Å². The van der Waals surface area contributed by atoms with Crippen molar-refractivity contribution in [3.63, 3.8) is 0 Å². The molecule has 0 aliphatic carbocycles. The van der Waals surface area contributed by atoms with E-state index in [9.17, 15) is 48.6 Å². The smallest absolute Gasteiger partial charge is 0.326 e. The van der Waals surface area contributed by atoms with Crippen LogP contribution >= 0.6 is 11.8 Å². The van der Waals surface area contributed by atoms with E-state index in [0.717, 1.165) is 0 Å². The number of aliphatic hydroxyl groups excluding tert-OH is 1. The first kappa shape index (κ1) is 51.3. The Balaban J connectivity index is 2.94. The summed E-state index contributed by atoms with van der Waals surface area (Å²) in [7, 11) is 0. The largest absolute Gasteiger partial charge is 0.480 e. The second-order valence-corrected chi connectivity index (χ2v) is 16.6. The molecule has 0 aromatic heterocycles. The fourth-order valence-electron chi connectivity index (χ4n) is 5.84. The molecule has 0 heterocycles. The van der Waals surface area contributed by atoms with E-state index in [4.69, 9.17) is 0 Å². The van der Waals surface area contributed by atoms with E-state index in [1.807, 2.05) is 20.1 Å². The summed E-state index contributed by atoms with van der Waals surface area (Å²) < 4.78 is 0. The third-order valence-electron chi connectivity index (χ3n) is 9.13. The van der Waals surface area contributed by atoms with Gasteiger partial charge >= 0.3 is 5.97 Å². The van der Waals surface area contributed by atoms with Gasteiger partial charge in [0.2, 0.25) is 41.4 Å². The van der Waals surface area contributed by atoms with Crippen molar-refractivity contribution in [2.24, 2.45) is 17.8 Å². The van der Waals surface area contributed by atoms with Gasteiger partial charge in [0.1, 0.15) is 36.3 Å². The number of hydrogen-bond donors (Lipinski definition) is 9. The summed E-state index contributed by atoms with van der Waals surface area (Å²) in [5, 5.41) is 39.0. The Bertz CT molecular complexity index is 1540. The number of amides is 7. The van der Waals surface area contributed by atoms with E-state index >= 15 is 0 Å². The van der Waals surface area contributed by atoms with Crippen molar-refractivity contribution in [1.29, 1.82) is 0 Å². The zero-order valence-corrected chi connectivity index (χ0v) is 36.2. The maximum atomic E-state index is 13.6. The Hall–Kier alpha value is -4.71. The minimum atomic E-state index is -1.38. The number of carboxylic acid groups (broad SMARTS) is 1. The lowest BCUT2D eigenvalue weighted by Gasteiger charge is -2.30. The molecule has 0 bridgehead atoms. The number of benzene rings is 1. The molecule has 0 aliphatic heterocycles. The number of carbonyl (C=O) groups is 8. The maximum Gasteiger partial charge on any atom is 0.326 e. The molecular weight excluding hydrogens is 771 g/mol. The summed E-state index contributed by atoms with van der Waals surface area (Å²) >= 11 is 1.47. The van der Waals surface area contributed by atoms with Crippen molar-refractivity contribution in [3.05, 3.63) is 35.9 Å².